The molecule has 0 fully saturated rings. The zero-order chi connectivity index (χ0) is 23.3. The molecule has 2 aromatic carbocycles. The van der Waals surface area contributed by atoms with E-state index in [0.717, 1.165) is 0 Å². The fourth-order valence-corrected chi connectivity index (χ4v) is 3.33. The highest BCUT2D eigenvalue weighted by atomic mass is 16.5. The van der Waals surface area contributed by atoms with Gasteiger partial charge >= 0.3 is 17.9 Å². The smallest absolute Gasteiger partial charge is 0.355 e. The van der Waals surface area contributed by atoms with Crippen molar-refractivity contribution in [2.24, 2.45) is 0 Å². The van der Waals surface area contributed by atoms with Gasteiger partial charge in [0.15, 0.2) is 0 Å². The summed E-state index contributed by atoms with van der Waals surface area (Å²) in [4.78, 5) is 38.7. The third-order valence-electron chi connectivity index (χ3n) is 4.80. The van der Waals surface area contributed by atoms with Crippen molar-refractivity contribution in [3.05, 3.63) is 83.7 Å². The molecule has 1 aliphatic heterocycles. The molecule has 0 aliphatic carbocycles. The fraction of sp³-hybridized carbons (Fsp3) is 0.125. The van der Waals surface area contributed by atoms with Crippen molar-refractivity contribution >= 4 is 23.6 Å². The van der Waals surface area contributed by atoms with Crippen LogP contribution in [0.15, 0.2) is 78.2 Å². The van der Waals surface area contributed by atoms with Crippen molar-refractivity contribution in [2.45, 2.75) is 0 Å². The number of nitrogens with zero attached hydrogens (tertiary/aromatic N) is 1. The second-order valence-corrected chi connectivity index (χ2v) is 6.55. The summed E-state index contributed by atoms with van der Waals surface area (Å²) in [5.74, 6) is -2.07. The van der Waals surface area contributed by atoms with E-state index in [2.05, 4.69) is 0 Å². The van der Waals surface area contributed by atoms with E-state index in [4.69, 9.17) is 14.2 Å². The van der Waals surface area contributed by atoms with Crippen molar-refractivity contribution in [1.29, 1.82) is 0 Å². The number of carboxylic acids is 1. The Labute approximate surface area is 184 Å². The van der Waals surface area contributed by atoms with E-state index in [1.165, 1.54) is 38.4 Å². The second kappa shape index (κ2) is 9.65. The average molecular weight is 435 g/mol. The molecule has 32 heavy (non-hydrogen) atoms. The van der Waals surface area contributed by atoms with E-state index in [1.807, 2.05) is 0 Å². The standard InChI is InChI=1S/C24H21NO7/c1-30-16-12-10-15(11-13-16)20-17(22(26)27)8-6-9-19(20)25-14-5-4-7-18(23(28)31-2)21(25)24(29)32-3/h4-14H,1-3H3,(H,26,27). The molecule has 164 valence electrons. The first-order valence-corrected chi connectivity index (χ1v) is 9.48. The lowest BCUT2D eigenvalue weighted by molar-refractivity contribution is -0.139. The van der Waals surface area contributed by atoms with E-state index in [1.54, 1.807) is 54.8 Å². The van der Waals surface area contributed by atoms with Gasteiger partial charge in [0, 0.05) is 11.8 Å². The van der Waals surface area contributed by atoms with Gasteiger partial charge in [-0.3, -0.25) is 0 Å². The van der Waals surface area contributed by atoms with Gasteiger partial charge < -0.3 is 24.2 Å². The van der Waals surface area contributed by atoms with Crippen LogP contribution in [-0.4, -0.2) is 44.3 Å². The maximum absolute atomic E-state index is 12.8. The van der Waals surface area contributed by atoms with Gasteiger partial charge in [0.05, 0.1) is 38.2 Å². The lowest BCUT2D eigenvalue weighted by Crippen LogP contribution is -2.27. The maximum Gasteiger partial charge on any atom is 0.355 e. The minimum Gasteiger partial charge on any atom is -0.497 e. The van der Waals surface area contributed by atoms with Gasteiger partial charge in [-0.2, -0.15) is 0 Å². The number of ether oxygens (including phenoxy) is 3. The molecular formula is C24H21NO7. The zero-order valence-electron chi connectivity index (χ0n) is 17.7. The molecule has 0 spiro atoms. The van der Waals surface area contributed by atoms with Crippen LogP contribution in [-0.2, 0) is 19.1 Å². The molecule has 1 aliphatic rings. The number of carbonyl (C=O) groups is 3. The Hall–Kier alpha value is -4.33. The molecule has 8 heteroatoms. The van der Waals surface area contributed by atoms with Crippen LogP contribution < -0.4 is 9.64 Å². The number of aromatic carboxylic acids is 1. The average Bonchev–Trinajstić information content (AvgIpc) is 3.05. The minimum atomic E-state index is -1.15. The molecule has 1 N–H and O–H groups in total. The number of hydrogen-bond acceptors (Lipinski definition) is 7. The molecule has 0 atom stereocenters. The lowest BCUT2D eigenvalue weighted by Gasteiger charge is -2.26. The Morgan fingerprint density at radius 3 is 2.16 bits per heavy atom. The maximum atomic E-state index is 12.8. The summed E-state index contributed by atoms with van der Waals surface area (Å²) in [5.41, 5.74) is 1.15. The molecular weight excluding hydrogens is 414 g/mol. The van der Waals surface area contributed by atoms with Gasteiger partial charge in [-0.1, -0.05) is 24.3 Å². The quantitative estimate of drug-likeness (QED) is 0.688. The predicted molar refractivity (Wildman–Crippen MR) is 117 cm³/mol. The van der Waals surface area contributed by atoms with Crippen LogP contribution in [0.2, 0.25) is 0 Å². The molecule has 0 saturated heterocycles. The Bertz CT molecular complexity index is 1140. The van der Waals surface area contributed by atoms with E-state index < -0.39 is 17.9 Å². The molecule has 0 aromatic heterocycles. The Kier molecular flexibility index (Phi) is 6.74. The first-order chi connectivity index (χ1) is 15.4. The van der Waals surface area contributed by atoms with E-state index in [0.29, 0.717) is 22.6 Å². The first kappa shape index (κ1) is 22.4. The van der Waals surface area contributed by atoms with Crippen molar-refractivity contribution in [3.63, 3.8) is 0 Å². The number of rotatable bonds is 6. The summed E-state index contributed by atoms with van der Waals surface area (Å²) in [6, 6.07) is 11.5. The van der Waals surface area contributed by atoms with Crippen molar-refractivity contribution < 1.29 is 33.7 Å². The van der Waals surface area contributed by atoms with Crippen LogP contribution in [0.5, 0.6) is 5.75 Å². The van der Waals surface area contributed by atoms with Gasteiger partial charge in [-0.15, -0.1) is 0 Å². The minimum absolute atomic E-state index is 0.0158. The topological polar surface area (TPSA) is 102 Å². The Balaban J connectivity index is 2.34. The Morgan fingerprint density at radius 2 is 1.56 bits per heavy atom. The number of carboxylic acid groups (broad SMARTS) is 1. The summed E-state index contributed by atoms with van der Waals surface area (Å²) in [5, 5.41) is 9.85. The number of hydrogen-bond donors (Lipinski definition) is 1. The van der Waals surface area contributed by atoms with Crippen LogP contribution in [0.4, 0.5) is 5.69 Å². The molecule has 8 nitrogen and oxygen atoms in total. The summed E-state index contributed by atoms with van der Waals surface area (Å²) in [6.45, 7) is 0. The molecule has 0 unspecified atom stereocenters. The van der Waals surface area contributed by atoms with Crippen molar-refractivity contribution in [1.82, 2.24) is 0 Å². The van der Waals surface area contributed by atoms with Crippen LogP contribution in [0, 0.1) is 0 Å². The highest BCUT2D eigenvalue weighted by Gasteiger charge is 2.30. The lowest BCUT2D eigenvalue weighted by atomic mass is 9.96. The van der Waals surface area contributed by atoms with Crippen LogP contribution >= 0.6 is 0 Å². The van der Waals surface area contributed by atoms with Crippen LogP contribution in [0.1, 0.15) is 10.4 Å². The highest BCUT2D eigenvalue weighted by Crippen LogP contribution is 2.38. The predicted octanol–water partition coefficient (Wildman–Crippen LogP) is 3.55. The molecule has 0 saturated carbocycles. The molecule has 2 aromatic rings. The van der Waals surface area contributed by atoms with Crippen LogP contribution in [0.3, 0.4) is 0 Å². The van der Waals surface area contributed by atoms with Crippen LogP contribution in [0.25, 0.3) is 11.1 Å². The monoisotopic (exact) mass is 435 g/mol. The third-order valence-corrected chi connectivity index (χ3v) is 4.80. The van der Waals surface area contributed by atoms with Gasteiger partial charge in [0.25, 0.3) is 0 Å². The summed E-state index contributed by atoms with van der Waals surface area (Å²) < 4.78 is 15.0. The van der Waals surface area contributed by atoms with Crippen molar-refractivity contribution in [2.75, 3.05) is 26.2 Å². The highest BCUT2D eigenvalue weighted by molar-refractivity contribution is 6.08. The number of methoxy groups -OCH3 is 3. The molecule has 3 rings (SSSR count). The van der Waals surface area contributed by atoms with E-state index >= 15 is 0 Å². The van der Waals surface area contributed by atoms with Gasteiger partial charge in [0.2, 0.25) is 0 Å². The zero-order valence-corrected chi connectivity index (χ0v) is 17.7. The fourth-order valence-electron chi connectivity index (χ4n) is 3.33. The Morgan fingerprint density at radius 1 is 0.875 bits per heavy atom. The number of anilines is 1. The molecule has 1 heterocycles. The number of allylic oxidation sites excluding steroid dienone is 2. The second-order valence-electron chi connectivity index (χ2n) is 6.55. The normalized spacial score (nSPS) is 12.9. The number of carbonyl (C=O) groups excluding carboxylic acids is 2. The summed E-state index contributed by atoms with van der Waals surface area (Å²) in [6.07, 6.45) is 6.17. The van der Waals surface area contributed by atoms with Gasteiger partial charge in [-0.25, -0.2) is 14.4 Å². The van der Waals surface area contributed by atoms with E-state index in [9.17, 15) is 19.5 Å². The molecule has 0 radical (unpaired) electrons. The van der Waals surface area contributed by atoms with Gasteiger partial charge in [0.1, 0.15) is 11.4 Å². The van der Waals surface area contributed by atoms with Gasteiger partial charge in [-0.05, 0) is 42.0 Å². The van der Waals surface area contributed by atoms with Crippen molar-refractivity contribution in [3.8, 4) is 16.9 Å². The summed E-state index contributed by atoms with van der Waals surface area (Å²) >= 11 is 0. The summed E-state index contributed by atoms with van der Waals surface area (Å²) in [7, 11) is 3.93. The molecule has 0 amide bonds. The first-order valence-electron chi connectivity index (χ1n) is 9.48. The SMILES string of the molecule is COC(=O)C1=C(C(=O)OC)N(c2cccc(C(=O)O)c2-c2ccc(OC)cc2)C=CC=C1. The van der Waals surface area contributed by atoms with E-state index in [-0.39, 0.29) is 16.8 Å². The third kappa shape index (κ3) is 4.24. The number of esters is 2. The number of benzene rings is 2. The molecule has 0 bridgehead atoms. The largest absolute Gasteiger partial charge is 0.497 e.